The molecule has 4 heteroatoms. The Bertz CT molecular complexity index is 377. The van der Waals surface area contributed by atoms with Gasteiger partial charge in [-0.05, 0) is 11.6 Å². The van der Waals surface area contributed by atoms with Crippen LogP contribution in [0.25, 0.3) is 0 Å². The molecule has 0 saturated heterocycles. The minimum Gasteiger partial charge on any atom is -0.393 e. The van der Waals surface area contributed by atoms with Crippen LogP contribution in [-0.2, 0) is 0 Å². The predicted molar refractivity (Wildman–Crippen MR) is 59.4 cm³/mol. The highest BCUT2D eigenvalue weighted by Crippen LogP contribution is 2.24. The maximum absolute atomic E-state index is 9.64. The molecule has 4 nitrogen and oxygen atoms in total. The van der Waals surface area contributed by atoms with Crippen molar-refractivity contribution in [1.82, 2.24) is 0 Å². The summed E-state index contributed by atoms with van der Waals surface area (Å²) in [6.45, 7) is 1.25. The highest BCUT2D eigenvalue weighted by molar-refractivity contribution is 5.90. The highest BCUT2D eigenvalue weighted by atomic mass is 16.3. The Balaban J connectivity index is 2.46. The molecule has 80 valence electrons. The Hall–Kier alpha value is -1.39. The molecule has 0 radical (unpaired) electrons. The van der Waals surface area contributed by atoms with Gasteiger partial charge in [0.2, 0.25) is 0 Å². The molecular weight excluding hydrogens is 192 g/mol. The molecule has 1 atom stereocenters. The van der Waals surface area contributed by atoms with Gasteiger partial charge in [0.05, 0.1) is 13.2 Å². The van der Waals surface area contributed by atoms with Crippen LogP contribution in [-0.4, -0.2) is 36.1 Å². The first-order valence-corrected chi connectivity index (χ1v) is 4.98. The van der Waals surface area contributed by atoms with Crippen LogP contribution in [0.1, 0.15) is 17.2 Å². The number of benzene rings is 1. The lowest BCUT2D eigenvalue weighted by Crippen LogP contribution is -2.08. The summed E-state index contributed by atoms with van der Waals surface area (Å²) in [7, 11) is 0. The molecule has 0 aliphatic carbocycles. The maximum Gasteiger partial charge on any atom is 0.103 e. The number of nitrogens with zero attached hydrogens (tertiary/aromatic N) is 1. The minimum atomic E-state index is -0.841. The first-order chi connectivity index (χ1) is 7.33. The number of hydrogen-bond donors (Lipinski definition) is 3. The molecule has 0 saturated carbocycles. The third kappa shape index (κ3) is 2.00. The van der Waals surface area contributed by atoms with Gasteiger partial charge in [-0.1, -0.05) is 12.1 Å². The summed E-state index contributed by atoms with van der Waals surface area (Å²) in [5.74, 6) is 0. The van der Waals surface area contributed by atoms with Crippen LogP contribution in [0.4, 0.5) is 5.69 Å². The Labute approximate surface area is 88.3 Å². The van der Waals surface area contributed by atoms with Gasteiger partial charge in [-0.2, -0.15) is 0 Å². The third-order valence-corrected chi connectivity index (χ3v) is 2.45. The smallest absolute Gasteiger partial charge is 0.103 e. The lowest BCUT2D eigenvalue weighted by atomic mass is 10.0. The Morgan fingerprint density at radius 3 is 3.13 bits per heavy atom. The molecule has 2 rings (SSSR count). The first kappa shape index (κ1) is 10.1. The van der Waals surface area contributed by atoms with Crippen molar-refractivity contribution in [2.24, 2.45) is 4.99 Å². The fourth-order valence-corrected chi connectivity index (χ4v) is 1.68. The summed E-state index contributed by atoms with van der Waals surface area (Å²) >= 11 is 0. The zero-order valence-electron chi connectivity index (χ0n) is 8.35. The van der Waals surface area contributed by atoms with Crippen LogP contribution < -0.4 is 5.32 Å². The second-order valence-electron chi connectivity index (χ2n) is 3.47. The number of fused-ring (bicyclic) bond motifs is 1. The molecule has 1 aliphatic heterocycles. The molecule has 0 spiro atoms. The fourth-order valence-electron chi connectivity index (χ4n) is 1.68. The molecule has 1 aromatic carbocycles. The quantitative estimate of drug-likeness (QED) is 0.662. The number of nitrogens with one attached hydrogen (secondary N) is 1. The number of anilines is 1. The summed E-state index contributed by atoms with van der Waals surface area (Å²) in [6.07, 6.45) is 0.912. The van der Waals surface area contributed by atoms with Gasteiger partial charge in [0.1, 0.15) is 6.10 Å². The van der Waals surface area contributed by atoms with E-state index in [1.807, 2.05) is 12.1 Å². The van der Waals surface area contributed by atoms with Crippen molar-refractivity contribution in [1.29, 1.82) is 0 Å². The van der Waals surface area contributed by atoms with Gasteiger partial charge in [0, 0.05) is 24.0 Å². The Kier molecular flexibility index (Phi) is 2.99. The van der Waals surface area contributed by atoms with Crippen LogP contribution >= 0.6 is 0 Å². The summed E-state index contributed by atoms with van der Waals surface area (Å²) < 4.78 is 0. The standard InChI is InChI=1S/C11H14N2O2/c14-7-11(15)8-2-1-3-10-9(8)6-12-4-5-13-10/h1-3,6,11,13-15H,4-5,7H2. The van der Waals surface area contributed by atoms with Crippen molar-refractivity contribution in [2.75, 3.05) is 25.0 Å². The van der Waals surface area contributed by atoms with Crippen LogP contribution in [0.15, 0.2) is 23.2 Å². The van der Waals surface area contributed by atoms with Crippen LogP contribution in [0.3, 0.4) is 0 Å². The first-order valence-electron chi connectivity index (χ1n) is 4.98. The van der Waals surface area contributed by atoms with E-state index in [9.17, 15) is 5.11 Å². The molecule has 0 amide bonds. The third-order valence-electron chi connectivity index (χ3n) is 2.45. The average molecular weight is 206 g/mol. The number of rotatable bonds is 2. The van der Waals surface area contributed by atoms with E-state index in [2.05, 4.69) is 10.3 Å². The fraction of sp³-hybridized carbons (Fsp3) is 0.364. The van der Waals surface area contributed by atoms with Crippen molar-refractivity contribution >= 4 is 11.9 Å². The van der Waals surface area contributed by atoms with E-state index in [0.29, 0.717) is 5.56 Å². The lowest BCUT2D eigenvalue weighted by Gasteiger charge is -2.14. The Morgan fingerprint density at radius 2 is 2.33 bits per heavy atom. The number of aliphatic hydroxyl groups is 2. The van der Waals surface area contributed by atoms with Gasteiger partial charge in [-0.3, -0.25) is 4.99 Å². The van der Waals surface area contributed by atoms with Crippen molar-refractivity contribution < 1.29 is 10.2 Å². The van der Waals surface area contributed by atoms with Gasteiger partial charge in [-0.15, -0.1) is 0 Å². The molecule has 1 aromatic rings. The zero-order valence-corrected chi connectivity index (χ0v) is 8.35. The molecule has 0 bridgehead atoms. The highest BCUT2D eigenvalue weighted by Gasteiger charge is 2.14. The zero-order chi connectivity index (χ0) is 10.7. The number of aliphatic hydroxyl groups excluding tert-OH is 2. The molecule has 1 unspecified atom stereocenters. The second kappa shape index (κ2) is 4.42. The summed E-state index contributed by atoms with van der Waals surface area (Å²) in [4.78, 5) is 4.21. The van der Waals surface area contributed by atoms with Gasteiger partial charge in [0.15, 0.2) is 0 Å². The minimum absolute atomic E-state index is 0.274. The number of hydrogen-bond acceptors (Lipinski definition) is 4. The number of benzodiazepines with no additional fused rings is 1. The predicted octanol–water partition coefficient (Wildman–Crippen LogP) is 0.557. The van der Waals surface area contributed by atoms with Gasteiger partial charge >= 0.3 is 0 Å². The second-order valence-corrected chi connectivity index (χ2v) is 3.47. The maximum atomic E-state index is 9.64. The van der Waals surface area contributed by atoms with Crippen LogP contribution in [0.5, 0.6) is 0 Å². The van der Waals surface area contributed by atoms with E-state index in [1.54, 1.807) is 12.3 Å². The SMILES string of the molecule is OCC(O)c1cccc2c1C=NCCN2. The molecule has 1 aliphatic rings. The summed E-state index contributed by atoms with van der Waals surface area (Å²) in [5, 5.41) is 21.8. The van der Waals surface area contributed by atoms with Gasteiger partial charge in [0.25, 0.3) is 0 Å². The summed E-state index contributed by atoms with van der Waals surface area (Å²) in [5.41, 5.74) is 2.55. The number of aliphatic imine (C=N–C) groups is 1. The topological polar surface area (TPSA) is 64.8 Å². The van der Waals surface area contributed by atoms with E-state index >= 15 is 0 Å². The van der Waals surface area contributed by atoms with E-state index in [0.717, 1.165) is 24.3 Å². The molecule has 15 heavy (non-hydrogen) atoms. The molecule has 0 fully saturated rings. The van der Waals surface area contributed by atoms with Crippen LogP contribution in [0, 0.1) is 0 Å². The van der Waals surface area contributed by atoms with Crippen LogP contribution in [0.2, 0.25) is 0 Å². The monoisotopic (exact) mass is 206 g/mol. The lowest BCUT2D eigenvalue weighted by molar-refractivity contribution is 0.0956. The van der Waals surface area contributed by atoms with E-state index in [4.69, 9.17) is 5.11 Å². The van der Waals surface area contributed by atoms with Gasteiger partial charge < -0.3 is 15.5 Å². The molecular formula is C11H14N2O2. The van der Waals surface area contributed by atoms with Crippen molar-refractivity contribution in [3.05, 3.63) is 29.3 Å². The van der Waals surface area contributed by atoms with E-state index < -0.39 is 6.10 Å². The molecule has 0 aromatic heterocycles. The largest absolute Gasteiger partial charge is 0.393 e. The van der Waals surface area contributed by atoms with Crippen molar-refractivity contribution in [2.45, 2.75) is 6.10 Å². The van der Waals surface area contributed by atoms with E-state index in [-0.39, 0.29) is 6.61 Å². The molecule has 3 N–H and O–H groups in total. The summed E-state index contributed by atoms with van der Waals surface area (Å²) in [6, 6.07) is 5.61. The van der Waals surface area contributed by atoms with E-state index in [1.165, 1.54) is 0 Å². The van der Waals surface area contributed by atoms with Crippen molar-refractivity contribution in [3.63, 3.8) is 0 Å². The molecule has 1 heterocycles. The van der Waals surface area contributed by atoms with Crippen molar-refractivity contribution in [3.8, 4) is 0 Å². The average Bonchev–Trinajstić information content (AvgIpc) is 2.52. The van der Waals surface area contributed by atoms with Gasteiger partial charge in [-0.25, -0.2) is 0 Å². The Morgan fingerprint density at radius 1 is 1.47 bits per heavy atom. The normalized spacial score (nSPS) is 16.4.